The van der Waals surface area contributed by atoms with Crippen molar-refractivity contribution in [1.82, 2.24) is 10.2 Å². The third kappa shape index (κ3) is 5.39. The van der Waals surface area contributed by atoms with Crippen molar-refractivity contribution in [2.75, 3.05) is 26.2 Å². The smallest absolute Gasteiger partial charge is 0.0107 e. The van der Waals surface area contributed by atoms with Crippen LogP contribution >= 0.6 is 0 Å². The summed E-state index contributed by atoms with van der Waals surface area (Å²) in [5.41, 5.74) is 0. The number of hydrogen-bond acceptors (Lipinski definition) is 2. The van der Waals surface area contributed by atoms with Gasteiger partial charge in [-0.1, -0.05) is 27.7 Å². The lowest BCUT2D eigenvalue weighted by Gasteiger charge is -2.34. The van der Waals surface area contributed by atoms with Gasteiger partial charge in [-0.25, -0.2) is 0 Å². The Labute approximate surface area is 108 Å². The highest BCUT2D eigenvalue weighted by atomic mass is 15.1. The highest BCUT2D eigenvalue weighted by molar-refractivity contribution is 4.81. The maximum Gasteiger partial charge on any atom is 0.0107 e. The third-order valence-electron chi connectivity index (χ3n) is 4.25. The van der Waals surface area contributed by atoms with Gasteiger partial charge in [-0.2, -0.15) is 0 Å². The van der Waals surface area contributed by atoms with Crippen LogP contribution in [0, 0.1) is 11.8 Å². The molecule has 2 heteroatoms. The van der Waals surface area contributed by atoms with Crippen LogP contribution in [0.2, 0.25) is 0 Å². The third-order valence-corrected chi connectivity index (χ3v) is 4.25. The van der Waals surface area contributed by atoms with Crippen molar-refractivity contribution in [2.24, 2.45) is 11.8 Å². The van der Waals surface area contributed by atoms with Crippen molar-refractivity contribution in [3.8, 4) is 0 Å². The average Bonchev–Trinajstić information content (AvgIpc) is 2.30. The van der Waals surface area contributed by atoms with E-state index in [2.05, 4.69) is 37.9 Å². The van der Waals surface area contributed by atoms with E-state index >= 15 is 0 Å². The molecule has 0 saturated heterocycles. The quantitative estimate of drug-likeness (QED) is 0.735. The highest BCUT2D eigenvalue weighted by Crippen LogP contribution is 2.28. The fourth-order valence-electron chi connectivity index (χ4n) is 3.12. The van der Waals surface area contributed by atoms with Crippen LogP contribution in [0.5, 0.6) is 0 Å². The van der Waals surface area contributed by atoms with Crippen molar-refractivity contribution in [3.63, 3.8) is 0 Å². The molecular formula is C15H32N2. The number of hydrogen-bond donors (Lipinski definition) is 1. The molecular weight excluding hydrogens is 208 g/mol. The largest absolute Gasteiger partial charge is 0.312 e. The topological polar surface area (TPSA) is 15.3 Å². The summed E-state index contributed by atoms with van der Waals surface area (Å²) >= 11 is 0. The summed E-state index contributed by atoms with van der Waals surface area (Å²) < 4.78 is 0. The first kappa shape index (κ1) is 15.0. The van der Waals surface area contributed by atoms with Gasteiger partial charge in [-0.3, -0.25) is 0 Å². The van der Waals surface area contributed by atoms with Gasteiger partial charge in [-0.05, 0) is 50.6 Å². The Bertz CT molecular complexity index is 193. The first-order chi connectivity index (χ1) is 8.17. The van der Waals surface area contributed by atoms with Crippen LogP contribution < -0.4 is 5.32 Å². The van der Waals surface area contributed by atoms with Crippen molar-refractivity contribution < 1.29 is 0 Å². The summed E-state index contributed by atoms with van der Waals surface area (Å²) in [5.74, 6) is 1.80. The van der Waals surface area contributed by atoms with Gasteiger partial charge in [0.2, 0.25) is 0 Å². The van der Waals surface area contributed by atoms with Crippen LogP contribution in [0.4, 0.5) is 0 Å². The van der Waals surface area contributed by atoms with Crippen LogP contribution in [0.1, 0.15) is 53.4 Å². The maximum absolute atomic E-state index is 3.77. The highest BCUT2D eigenvalue weighted by Gasteiger charge is 2.24. The second-order valence-electron chi connectivity index (χ2n) is 5.89. The second kappa shape index (κ2) is 8.10. The fraction of sp³-hybridized carbons (Fsp3) is 1.00. The zero-order chi connectivity index (χ0) is 12.7. The van der Waals surface area contributed by atoms with Gasteiger partial charge in [0, 0.05) is 19.1 Å². The van der Waals surface area contributed by atoms with Crippen molar-refractivity contribution in [2.45, 2.75) is 59.4 Å². The van der Waals surface area contributed by atoms with E-state index < -0.39 is 0 Å². The van der Waals surface area contributed by atoms with Crippen LogP contribution in [0.25, 0.3) is 0 Å². The molecule has 2 nitrogen and oxygen atoms in total. The molecule has 1 aliphatic carbocycles. The Morgan fingerprint density at radius 1 is 1.12 bits per heavy atom. The number of nitrogens with zero attached hydrogens (tertiary/aromatic N) is 1. The van der Waals surface area contributed by atoms with E-state index in [-0.39, 0.29) is 0 Å². The zero-order valence-electron chi connectivity index (χ0n) is 12.3. The monoisotopic (exact) mass is 240 g/mol. The average molecular weight is 240 g/mol. The van der Waals surface area contributed by atoms with Gasteiger partial charge in [0.25, 0.3) is 0 Å². The summed E-state index contributed by atoms with van der Waals surface area (Å²) in [5, 5.41) is 3.77. The molecule has 1 fully saturated rings. The second-order valence-corrected chi connectivity index (χ2v) is 5.89. The Morgan fingerprint density at radius 2 is 1.88 bits per heavy atom. The van der Waals surface area contributed by atoms with E-state index in [1.54, 1.807) is 0 Å². The number of rotatable bonds is 7. The summed E-state index contributed by atoms with van der Waals surface area (Å²) in [6, 6.07) is 0.770. The van der Waals surface area contributed by atoms with Crippen LogP contribution in [-0.2, 0) is 0 Å². The first-order valence-electron chi connectivity index (χ1n) is 7.63. The molecule has 0 aromatic heterocycles. The lowest BCUT2D eigenvalue weighted by molar-refractivity contribution is 0.215. The molecule has 0 spiro atoms. The van der Waals surface area contributed by atoms with Crippen LogP contribution in [-0.4, -0.2) is 37.1 Å². The molecule has 3 unspecified atom stereocenters. The van der Waals surface area contributed by atoms with Gasteiger partial charge < -0.3 is 10.2 Å². The molecule has 1 saturated carbocycles. The summed E-state index contributed by atoms with van der Waals surface area (Å²) in [4.78, 5) is 2.54. The van der Waals surface area contributed by atoms with Crippen LogP contribution in [0.3, 0.4) is 0 Å². The van der Waals surface area contributed by atoms with E-state index in [4.69, 9.17) is 0 Å². The molecule has 0 radical (unpaired) electrons. The molecule has 1 N–H and O–H groups in total. The molecule has 0 aromatic rings. The van der Waals surface area contributed by atoms with E-state index in [1.807, 2.05) is 0 Å². The minimum Gasteiger partial charge on any atom is -0.312 e. The number of nitrogens with one attached hydrogen (secondary N) is 1. The zero-order valence-corrected chi connectivity index (χ0v) is 12.3. The van der Waals surface area contributed by atoms with Gasteiger partial charge in [0.05, 0.1) is 0 Å². The molecule has 102 valence electrons. The summed E-state index contributed by atoms with van der Waals surface area (Å²) in [6.07, 6.45) is 5.46. The van der Waals surface area contributed by atoms with Gasteiger partial charge in [-0.15, -0.1) is 0 Å². The summed E-state index contributed by atoms with van der Waals surface area (Å²) in [6.45, 7) is 14.1. The van der Waals surface area contributed by atoms with E-state index in [9.17, 15) is 0 Å². The molecule has 0 heterocycles. The molecule has 0 bridgehead atoms. The normalized spacial score (nSPS) is 29.8. The van der Waals surface area contributed by atoms with E-state index in [0.29, 0.717) is 0 Å². The summed E-state index contributed by atoms with van der Waals surface area (Å²) in [7, 11) is 0. The first-order valence-corrected chi connectivity index (χ1v) is 7.63. The predicted octanol–water partition coefficient (Wildman–Crippen LogP) is 3.13. The Morgan fingerprint density at radius 3 is 2.47 bits per heavy atom. The SMILES string of the molecule is CCCN(CC)CCNC1CCC(C)CC1C. The molecule has 0 aliphatic heterocycles. The molecule has 0 amide bonds. The maximum atomic E-state index is 3.77. The molecule has 1 rings (SSSR count). The lowest BCUT2D eigenvalue weighted by atomic mass is 9.80. The predicted molar refractivity (Wildman–Crippen MR) is 76.4 cm³/mol. The molecule has 1 aliphatic rings. The van der Waals surface area contributed by atoms with E-state index in [0.717, 1.165) is 24.4 Å². The Balaban J connectivity index is 2.17. The molecule has 0 aromatic carbocycles. The lowest BCUT2D eigenvalue weighted by Crippen LogP contribution is -2.42. The Kier molecular flexibility index (Phi) is 7.14. The minimum atomic E-state index is 0.770. The van der Waals surface area contributed by atoms with E-state index in [1.165, 1.54) is 45.3 Å². The standard InChI is InChI=1S/C15H32N2/c1-5-10-17(6-2)11-9-16-15-8-7-13(3)12-14(15)4/h13-16H,5-12H2,1-4H3. The fourth-order valence-corrected chi connectivity index (χ4v) is 3.12. The van der Waals surface area contributed by atoms with Gasteiger partial charge in [0.1, 0.15) is 0 Å². The van der Waals surface area contributed by atoms with Gasteiger partial charge >= 0.3 is 0 Å². The van der Waals surface area contributed by atoms with Crippen molar-refractivity contribution >= 4 is 0 Å². The molecule has 3 atom stereocenters. The Hall–Kier alpha value is -0.0800. The van der Waals surface area contributed by atoms with Gasteiger partial charge in [0.15, 0.2) is 0 Å². The van der Waals surface area contributed by atoms with Crippen LogP contribution in [0.15, 0.2) is 0 Å². The minimum absolute atomic E-state index is 0.770. The number of likely N-dealkylation sites (N-methyl/N-ethyl adjacent to an activating group) is 1. The molecule has 17 heavy (non-hydrogen) atoms. The van der Waals surface area contributed by atoms with Crippen molar-refractivity contribution in [1.29, 1.82) is 0 Å². The van der Waals surface area contributed by atoms with Crippen molar-refractivity contribution in [3.05, 3.63) is 0 Å².